The molecule has 2 aromatic rings. The van der Waals surface area contributed by atoms with Crippen LogP contribution in [0.15, 0.2) is 36.9 Å². The van der Waals surface area contributed by atoms with Crippen molar-refractivity contribution in [3.8, 4) is 5.75 Å². The molecule has 1 heterocycles. The number of para-hydroxylation sites is 1. The molecule has 0 saturated carbocycles. The minimum Gasteiger partial charge on any atom is -0.483 e. The Morgan fingerprint density at radius 2 is 2.28 bits per heavy atom. The number of nitrogens with one attached hydrogen (secondary N) is 1. The van der Waals surface area contributed by atoms with E-state index in [0.29, 0.717) is 17.1 Å². The van der Waals surface area contributed by atoms with Gasteiger partial charge in [0, 0.05) is 6.54 Å². The van der Waals surface area contributed by atoms with Crippen LogP contribution in [0.1, 0.15) is 5.82 Å². The lowest BCUT2D eigenvalue weighted by Crippen LogP contribution is -2.07. The van der Waals surface area contributed by atoms with Gasteiger partial charge < -0.3 is 4.74 Å². The molecule has 18 heavy (non-hydrogen) atoms. The van der Waals surface area contributed by atoms with Gasteiger partial charge in [-0.05, 0) is 24.4 Å². The van der Waals surface area contributed by atoms with Crippen molar-refractivity contribution < 1.29 is 9.13 Å². The van der Waals surface area contributed by atoms with Gasteiger partial charge in [-0.2, -0.15) is 5.10 Å². The monoisotopic (exact) mass is 265 g/mol. The van der Waals surface area contributed by atoms with E-state index >= 15 is 0 Å². The molecule has 0 atom stereocenters. The van der Waals surface area contributed by atoms with Crippen LogP contribution < -0.4 is 4.74 Å². The predicted molar refractivity (Wildman–Crippen MR) is 68.3 cm³/mol. The average molecular weight is 265 g/mol. The maximum absolute atomic E-state index is 13.3. The molecule has 0 aliphatic heterocycles. The molecule has 94 valence electrons. The fourth-order valence-electron chi connectivity index (χ4n) is 1.48. The molecule has 0 radical (unpaired) electrons. The van der Waals surface area contributed by atoms with E-state index in [-0.39, 0.29) is 12.4 Å². The number of allylic oxidation sites excluding steroid dienone is 1. The second-order valence-electron chi connectivity index (χ2n) is 3.56. The number of halogens is 1. The number of nitrogens with zero attached hydrogens (tertiary/aromatic N) is 2. The summed E-state index contributed by atoms with van der Waals surface area (Å²) in [4.78, 5) is 0. The molecule has 0 bridgehead atoms. The van der Waals surface area contributed by atoms with E-state index in [1.165, 1.54) is 6.07 Å². The van der Waals surface area contributed by atoms with Crippen molar-refractivity contribution in [3.63, 3.8) is 0 Å². The van der Waals surface area contributed by atoms with Crippen molar-refractivity contribution in [3.05, 3.63) is 53.3 Å². The Balaban J connectivity index is 2.13. The van der Waals surface area contributed by atoms with E-state index in [9.17, 15) is 4.39 Å². The number of hydrogen-bond donors (Lipinski definition) is 1. The van der Waals surface area contributed by atoms with Crippen LogP contribution in [-0.2, 0) is 13.2 Å². The van der Waals surface area contributed by atoms with Crippen LogP contribution in [0.3, 0.4) is 0 Å². The van der Waals surface area contributed by atoms with Gasteiger partial charge in [-0.15, -0.1) is 6.58 Å². The third-order valence-corrected chi connectivity index (χ3v) is 2.65. The van der Waals surface area contributed by atoms with Gasteiger partial charge in [0.25, 0.3) is 0 Å². The minimum absolute atomic E-state index is 0.141. The van der Waals surface area contributed by atoms with Gasteiger partial charge in [-0.25, -0.2) is 4.39 Å². The summed E-state index contributed by atoms with van der Waals surface area (Å²) in [6, 6.07) is 6.22. The highest BCUT2D eigenvalue weighted by Gasteiger charge is 2.07. The van der Waals surface area contributed by atoms with E-state index < -0.39 is 5.82 Å². The van der Waals surface area contributed by atoms with Crippen molar-refractivity contribution in [1.82, 2.24) is 14.8 Å². The zero-order chi connectivity index (χ0) is 13.0. The minimum atomic E-state index is -0.401. The number of hydrogen-bond acceptors (Lipinski definition) is 3. The van der Waals surface area contributed by atoms with E-state index in [4.69, 9.17) is 17.0 Å². The smallest absolute Gasteiger partial charge is 0.195 e. The molecule has 0 amide bonds. The van der Waals surface area contributed by atoms with Gasteiger partial charge >= 0.3 is 0 Å². The molecule has 4 nitrogen and oxygen atoms in total. The molecule has 1 N–H and O–H groups in total. The SMILES string of the molecule is C=CCn1c(COc2ccccc2F)n[nH]c1=S. The third-order valence-electron chi connectivity index (χ3n) is 2.34. The molecule has 0 aliphatic carbocycles. The number of rotatable bonds is 5. The second kappa shape index (κ2) is 5.59. The number of ether oxygens (including phenoxy) is 1. The Labute approximate surface area is 109 Å². The van der Waals surface area contributed by atoms with E-state index in [0.717, 1.165) is 0 Å². The largest absolute Gasteiger partial charge is 0.483 e. The molecular weight excluding hydrogens is 253 g/mol. The summed E-state index contributed by atoms with van der Waals surface area (Å²) in [7, 11) is 0. The highest BCUT2D eigenvalue weighted by molar-refractivity contribution is 7.71. The maximum Gasteiger partial charge on any atom is 0.195 e. The summed E-state index contributed by atoms with van der Waals surface area (Å²) in [6.45, 7) is 4.31. The van der Waals surface area contributed by atoms with Gasteiger partial charge in [-0.3, -0.25) is 9.67 Å². The number of benzene rings is 1. The fraction of sp³-hybridized carbons (Fsp3) is 0.167. The molecule has 2 rings (SSSR count). The van der Waals surface area contributed by atoms with Gasteiger partial charge in [-0.1, -0.05) is 18.2 Å². The Kier molecular flexibility index (Phi) is 3.88. The molecule has 0 fully saturated rings. The first-order chi connectivity index (χ1) is 8.72. The Bertz CT molecular complexity index is 605. The first kappa shape index (κ1) is 12.5. The van der Waals surface area contributed by atoms with Crippen molar-refractivity contribution in [2.45, 2.75) is 13.2 Å². The first-order valence-electron chi connectivity index (χ1n) is 5.34. The molecule has 6 heteroatoms. The van der Waals surface area contributed by atoms with Gasteiger partial charge in [0.1, 0.15) is 6.61 Å². The van der Waals surface area contributed by atoms with Gasteiger partial charge in [0.2, 0.25) is 0 Å². The normalized spacial score (nSPS) is 10.3. The highest BCUT2D eigenvalue weighted by atomic mass is 32.1. The van der Waals surface area contributed by atoms with Crippen LogP contribution in [0.4, 0.5) is 4.39 Å². The summed E-state index contributed by atoms with van der Waals surface area (Å²) in [5.41, 5.74) is 0. The molecule has 1 aromatic heterocycles. The van der Waals surface area contributed by atoms with Crippen LogP contribution in [0.2, 0.25) is 0 Å². The first-order valence-corrected chi connectivity index (χ1v) is 5.75. The zero-order valence-electron chi connectivity index (χ0n) is 9.60. The molecular formula is C12H12FN3OS. The van der Waals surface area contributed by atoms with Gasteiger partial charge in [0.05, 0.1) is 0 Å². The van der Waals surface area contributed by atoms with Crippen molar-refractivity contribution in [2.24, 2.45) is 0 Å². The lowest BCUT2D eigenvalue weighted by molar-refractivity contribution is 0.276. The lowest BCUT2D eigenvalue weighted by Gasteiger charge is -2.07. The third kappa shape index (κ3) is 2.65. The summed E-state index contributed by atoms with van der Waals surface area (Å²) < 4.78 is 20.9. The fourth-order valence-corrected chi connectivity index (χ4v) is 1.71. The summed E-state index contributed by atoms with van der Waals surface area (Å²) in [5.74, 6) is 0.390. The summed E-state index contributed by atoms with van der Waals surface area (Å²) in [5, 5.41) is 6.70. The predicted octanol–water partition coefficient (Wildman–Crippen LogP) is 2.84. The molecule has 0 spiro atoms. The van der Waals surface area contributed by atoms with E-state index in [2.05, 4.69) is 16.8 Å². The lowest BCUT2D eigenvalue weighted by atomic mass is 10.3. The molecule has 1 aromatic carbocycles. The van der Waals surface area contributed by atoms with Crippen LogP contribution in [0, 0.1) is 10.6 Å². The molecule has 0 aliphatic rings. The topological polar surface area (TPSA) is 42.8 Å². The average Bonchev–Trinajstić information content (AvgIpc) is 2.71. The maximum atomic E-state index is 13.3. The second-order valence-corrected chi connectivity index (χ2v) is 3.95. The molecule has 0 unspecified atom stereocenters. The summed E-state index contributed by atoms with van der Waals surface area (Å²) >= 11 is 5.06. The van der Waals surface area contributed by atoms with Crippen molar-refractivity contribution >= 4 is 12.2 Å². The Hall–Kier alpha value is -1.95. The van der Waals surface area contributed by atoms with Crippen molar-refractivity contribution in [2.75, 3.05) is 0 Å². The zero-order valence-corrected chi connectivity index (χ0v) is 10.4. The van der Waals surface area contributed by atoms with Crippen LogP contribution in [0.25, 0.3) is 0 Å². The van der Waals surface area contributed by atoms with Crippen LogP contribution >= 0.6 is 12.2 Å². The van der Waals surface area contributed by atoms with E-state index in [1.54, 1.807) is 28.8 Å². The van der Waals surface area contributed by atoms with E-state index in [1.807, 2.05) is 0 Å². The summed E-state index contributed by atoms with van der Waals surface area (Å²) in [6.07, 6.45) is 1.71. The van der Waals surface area contributed by atoms with Crippen LogP contribution in [0.5, 0.6) is 5.75 Å². The van der Waals surface area contributed by atoms with Crippen molar-refractivity contribution in [1.29, 1.82) is 0 Å². The van der Waals surface area contributed by atoms with Gasteiger partial charge in [0.15, 0.2) is 22.2 Å². The Morgan fingerprint density at radius 3 is 3.00 bits per heavy atom. The number of aromatic nitrogens is 3. The Morgan fingerprint density at radius 1 is 1.50 bits per heavy atom. The quantitative estimate of drug-likeness (QED) is 0.667. The number of aromatic amines is 1. The highest BCUT2D eigenvalue weighted by Crippen LogP contribution is 2.16. The van der Waals surface area contributed by atoms with Crippen LogP contribution in [-0.4, -0.2) is 14.8 Å². The standard InChI is InChI=1S/C12H12FN3OS/c1-2-7-16-11(14-15-12(16)18)8-17-10-6-4-3-5-9(10)13/h2-6H,1,7-8H2,(H,15,18). The number of H-pyrrole nitrogens is 1. The molecule has 0 saturated heterocycles.